The molecule has 0 aliphatic carbocycles. The van der Waals surface area contributed by atoms with Crippen LogP contribution in [0.3, 0.4) is 0 Å². The lowest BCUT2D eigenvalue weighted by molar-refractivity contribution is 0.0981. The normalized spacial score (nSPS) is 16.7. The zero-order valence-corrected chi connectivity index (χ0v) is 20.1. The maximum atomic E-state index is 12.3. The predicted molar refractivity (Wildman–Crippen MR) is 124 cm³/mol. The van der Waals surface area contributed by atoms with Crippen LogP contribution in [0.25, 0.3) is 0 Å². The number of ketones is 2. The Kier molecular flexibility index (Phi) is 7.72. The highest BCUT2D eigenvalue weighted by atomic mass is 79.9. The van der Waals surface area contributed by atoms with Gasteiger partial charge < -0.3 is 14.4 Å². The highest BCUT2D eigenvalue weighted by molar-refractivity contribution is 9.10. The average Bonchev–Trinajstić information content (AvgIpc) is 2.97. The fourth-order valence-electron chi connectivity index (χ4n) is 3.19. The van der Waals surface area contributed by atoms with Crippen molar-refractivity contribution in [1.29, 1.82) is 0 Å². The lowest BCUT2D eigenvalue weighted by Crippen LogP contribution is -2.09. The second-order valence-electron chi connectivity index (χ2n) is 7.20. The van der Waals surface area contributed by atoms with Gasteiger partial charge in [-0.3, -0.25) is 9.59 Å². The van der Waals surface area contributed by atoms with Crippen LogP contribution in [0, 0.1) is 0 Å². The van der Waals surface area contributed by atoms with E-state index < -0.39 is 0 Å². The summed E-state index contributed by atoms with van der Waals surface area (Å²) in [5, 5.41) is 0. The highest BCUT2D eigenvalue weighted by Crippen LogP contribution is 2.29. The van der Waals surface area contributed by atoms with Gasteiger partial charge in [-0.15, -0.1) is 0 Å². The van der Waals surface area contributed by atoms with Crippen LogP contribution in [-0.2, 0) is 0 Å². The number of fused-ring (bicyclic) bond motifs is 2. The van der Waals surface area contributed by atoms with Crippen molar-refractivity contribution in [3.63, 3.8) is 0 Å². The van der Waals surface area contributed by atoms with Crippen LogP contribution in [0.15, 0.2) is 57.1 Å². The average molecular weight is 537 g/mol. The molecule has 0 fully saturated rings. The van der Waals surface area contributed by atoms with Crippen molar-refractivity contribution in [2.75, 3.05) is 27.3 Å². The molecule has 0 unspecified atom stereocenters. The Labute approximate surface area is 193 Å². The zero-order valence-electron chi connectivity index (χ0n) is 16.9. The number of carbonyl (C=O) groups excluding carboxylic acids is 2. The highest BCUT2D eigenvalue weighted by Gasteiger charge is 2.21. The smallest absolute Gasteiger partial charge is 0.194 e. The monoisotopic (exact) mass is 535 g/mol. The van der Waals surface area contributed by atoms with Crippen LogP contribution in [0.2, 0.25) is 0 Å². The van der Waals surface area contributed by atoms with E-state index in [0.717, 1.165) is 20.9 Å². The van der Waals surface area contributed by atoms with Crippen LogP contribution in [0.5, 0.6) is 11.5 Å². The summed E-state index contributed by atoms with van der Waals surface area (Å²) < 4.78 is 12.8. The van der Waals surface area contributed by atoms with Crippen LogP contribution >= 0.6 is 31.9 Å². The van der Waals surface area contributed by atoms with E-state index in [2.05, 4.69) is 31.9 Å². The molecule has 2 heterocycles. The number of nitrogens with zero attached hydrogens (tertiary/aromatic N) is 1. The number of halogens is 2. The molecule has 2 aliphatic rings. The number of hydrogen-bond donors (Lipinski definition) is 0. The maximum Gasteiger partial charge on any atom is 0.194 e. The Morgan fingerprint density at radius 2 is 1.47 bits per heavy atom. The van der Waals surface area contributed by atoms with E-state index in [1.54, 1.807) is 0 Å². The third-order valence-electron chi connectivity index (χ3n) is 4.57. The summed E-state index contributed by atoms with van der Waals surface area (Å²) in [7, 11) is 3.82. The molecule has 5 nitrogen and oxygen atoms in total. The van der Waals surface area contributed by atoms with E-state index in [9.17, 15) is 9.59 Å². The SMILES string of the molecule is CN(C)/C=C1\CCOc2ccc(Br)cc2C1=O.O=C1CCCOc2ccc(Br)cc21. The summed E-state index contributed by atoms with van der Waals surface area (Å²) in [6.07, 6.45) is 3.90. The fraction of sp³-hybridized carbons (Fsp3) is 0.304. The second-order valence-corrected chi connectivity index (χ2v) is 9.03. The van der Waals surface area contributed by atoms with Gasteiger partial charge in [0, 0.05) is 47.7 Å². The van der Waals surface area contributed by atoms with E-state index in [4.69, 9.17) is 9.47 Å². The molecule has 2 aliphatic heterocycles. The lowest BCUT2D eigenvalue weighted by atomic mass is 10.0. The second kappa shape index (κ2) is 10.3. The van der Waals surface area contributed by atoms with Crippen molar-refractivity contribution in [2.24, 2.45) is 0 Å². The molecule has 2 aromatic carbocycles. The lowest BCUT2D eigenvalue weighted by Gasteiger charge is -2.08. The van der Waals surface area contributed by atoms with Crippen molar-refractivity contribution >= 4 is 43.4 Å². The van der Waals surface area contributed by atoms with Crippen molar-refractivity contribution in [2.45, 2.75) is 19.3 Å². The minimum absolute atomic E-state index is 0.0486. The Bertz CT molecular complexity index is 985. The summed E-state index contributed by atoms with van der Waals surface area (Å²) in [5.41, 5.74) is 2.11. The molecule has 2 aromatic rings. The maximum absolute atomic E-state index is 12.3. The minimum atomic E-state index is 0.0486. The third kappa shape index (κ3) is 5.73. The molecule has 0 radical (unpaired) electrons. The Balaban J connectivity index is 0.000000177. The van der Waals surface area contributed by atoms with Gasteiger partial charge in [-0.25, -0.2) is 0 Å². The summed E-state index contributed by atoms with van der Waals surface area (Å²) >= 11 is 6.71. The predicted octanol–water partition coefficient (Wildman–Crippen LogP) is 5.66. The first kappa shape index (κ1) is 22.6. The molecular formula is C23H23Br2NO4. The third-order valence-corrected chi connectivity index (χ3v) is 5.56. The van der Waals surface area contributed by atoms with Gasteiger partial charge in [0.05, 0.1) is 24.3 Å². The van der Waals surface area contributed by atoms with Gasteiger partial charge in [0.1, 0.15) is 11.5 Å². The number of carbonyl (C=O) groups is 2. The molecule has 0 saturated heterocycles. The summed E-state index contributed by atoms with van der Waals surface area (Å²) in [6.45, 7) is 1.18. The van der Waals surface area contributed by atoms with E-state index in [1.807, 2.05) is 61.6 Å². The van der Waals surface area contributed by atoms with Crippen LogP contribution in [0.1, 0.15) is 40.0 Å². The number of ether oxygens (including phenoxy) is 2. The minimum Gasteiger partial charge on any atom is -0.493 e. The quantitative estimate of drug-likeness (QED) is 0.440. The van der Waals surface area contributed by atoms with E-state index >= 15 is 0 Å². The number of rotatable bonds is 1. The molecule has 0 N–H and O–H groups in total. The van der Waals surface area contributed by atoms with Gasteiger partial charge in [-0.2, -0.15) is 0 Å². The Morgan fingerprint density at radius 3 is 2.13 bits per heavy atom. The fourth-order valence-corrected chi connectivity index (χ4v) is 3.92. The molecule has 0 amide bonds. The molecule has 4 rings (SSSR count). The largest absolute Gasteiger partial charge is 0.493 e. The van der Waals surface area contributed by atoms with Gasteiger partial charge in [-0.05, 0) is 42.8 Å². The first-order valence-electron chi connectivity index (χ1n) is 9.65. The van der Waals surface area contributed by atoms with Crippen molar-refractivity contribution in [3.8, 4) is 11.5 Å². The molecule has 0 saturated carbocycles. The molecule has 0 bridgehead atoms. The number of Topliss-reactive ketones (excluding diaryl/α,β-unsaturated/α-hetero) is 2. The molecule has 0 atom stereocenters. The summed E-state index contributed by atoms with van der Waals surface area (Å²) in [6, 6.07) is 11.1. The topological polar surface area (TPSA) is 55.8 Å². The van der Waals surface area contributed by atoms with E-state index in [0.29, 0.717) is 48.7 Å². The first-order valence-corrected chi connectivity index (χ1v) is 11.2. The number of hydrogen-bond acceptors (Lipinski definition) is 5. The molecule has 0 aromatic heterocycles. The molecule has 0 spiro atoms. The van der Waals surface area contributed by atoms with Crippen molar-refractivity contribution < 1.29 is 19.1 Å². The summed E-state index contributed by atoms with van der Waals surface area (Å²) in [5.74, 6) is 1.60. The van der Waals surface area contributed by atoms with Crippen molar-refractivity contribution in [1.82, 2.24) is 4.90 Å². The van der Waals surface area contributed by atoms with Gasteiger partial charge in [0.15, 0.2) is 11.6 Å². The standard InChI is InChI=1S/C13H14BrNO2.C10H9BrO2/c1-15(2)8-9-5-6-17-12-4-3-10(14)7-11(12)13(9)16;11-7-3-4-10-8(6-7)9(12)2-1-5-13-10/h3-4,7-8H,5-6H2,1-2H3;3-4,6H,1-2,5H2/b9-8+;. The molecular weight excluding hydrogens is 514 g/mol. The molecule has 158 valence electrons. The Hall–Kier alpha value is -2.12. The summed E-state index contributed by atoms with van der Waals surface area (Å²) in [4.78, 5) is 25.8. The Morgan fingerprint density at radius 1 is 0.867 bits per heavy atom. The van der Waals surface area contributed by atoms with Crippen LogP contribution < -0.4 is 9.47 Å². The zero-order chi connectivity index (χ0) is 21.7. The molecule has 7 heteroatoms. The van der Waals surface area contributed by atoms with Crippen LogP contribution in [-0.4, -0.2) is 43.8 Å². The number of benzene rings is 2. The first-order chi connectivity index (χ1) is 14.3. The van der Waals surface area contributed by atoms with E-state index in [-0.39, 0.29) is 11.6 Å². The van der Waals surface area contributed by atoms with Crippen LogP contribution in [0.4, 0.5) is 0 Å². The van der Waals surface area contributed by atoms with Gasteiger partial charge in [-0.1, -0.05) is 31.9 Å². The van der Waals surface area contributed by atoms with Gasteiger partial charge in [0.25, 0.3) is 0 Å². The van der Waals surface area contributed by atoms with Gasteiger partial charge in [0.2, 0.25) is 0 Å². The van der Waals surface area contributed by atoms with E-state index in [1.165, 1.54) is 0 Å². The molecule has 30 heavy (non-hydrogen) atoms. The van der Waals surface area contributed by atoms with Crippen molar-refractivity contribution in [3.05, 3.63) is 68.2 Å². The van der Waals surface area contributed by atoms with Gasteiger partial charge >= 0.3 is 0 Å².